The molecule has 4 aliphatic heterocycles. The highest BCUT2D eigenvalue weighted by Crippen LogP contribution is 2.44. The van der Waals surface area contributed by atoms with Crippen LogP contribution < -0.4 is 5.32 Å². The predicted octanol–water partition coefficient (Wildman–Crippen LogP) is 1.60. The second kappa shape index (κ2) is 16.7. The zero-order valence-electron chi connectivity index (χ0n) is 34.3. The van der Waals surface area contributed by atoms with Gasteiger partial charge in [-0.2, -0.15) is 12.7 Å². The lowest BCUT2D eigenvalue weighted by molar-refractivity contribution is -0.332. The van der Waals surface area contributed by atoms with E-state index in [2.05, 4.69) is 5.32 Å². The summed E-state index contributed by atoms with van der Waals surface area (Å²) >= 11 is 0. The first-order valence-corrected chi connectivity index (χ1v) is 20.7. The van der Waals surface area contributed by atoms with Crippen molar-refractivity contribution in [2.45, 2.75) is 192 Å². The molecule has 0 aromatic rings. The van der Waals surface area contributed by atoms with Gasteiger partial charge in [-0.15, -0.1) is 0 Å². The van der Waals surface area contributed by atoms with Crippen LogP contribution in [-0.2, 0) is 47.7 Å². The third kappa shape index (κ3) is 8.98. The number of carbonyl (C=O) groups is 1. The van der Waals surface area contributed by atoms with E-state index in [1.807, 2.05) is 6.92 Å². The number of rotatable bonds is 6. The molecule has 0 unspecified atom stereocenters. The lowest BCUT2D eigenvalue weighted by Gasteiger charge is -2.52. The number of hydrogen-bond donors (Lipinski definition) is 5. The Labute approximate surface area is 321 Å². The molecule has 54 heavy (non-hydrogen) atoms. The second-order valence-electron chi connectivity index (χ2n) is 17.3. The van der Waals surface area contributed by atoms with Gasteiger partial charge in [-0.1, -0.05) is 20.8 Å². The van der Waals surface area contributed by atoms with Crippen LogP contribution in [0.25, 0.3) is 0 Å². The summed E-state index contributed by atoms with van der Waals surface area (Å²) in [4.78, 5) is 14.2. The minimum absolute atomic E-state index is 0.0673. The van der Waals surface area contributed by atoms with Crippen LogP contribution in [0.15, 0.2) is 0 Å². The third-order valence-electron chi connectivity index (χ3n) is 12.8. The lowest BCUT2D eigenvalue weighted by atomic mass is 9.76. The third-order valence-corrected chi connectivity index (χ3v) is 14.3. The van der Waals surface area contributed by atoms with Crippen LogP contribution >= 0.6 is 0 Å². The number of nitrogens with zero attached hydrogens (tertiary/aromatic N) is 1. The second-order valence-corrected chi connectivity index (χ2v) is 18.9. The molecule has 0 aromatic carbocycles. The fourth-order valence-corrected chi connectivity index (χ4v) is 9.98. The Morgan fingerprint density at radius 3 is 2.20 bits per heavy atom. The highest BCUT2D eigenvalue weighted by atomic mass is 32.2. The van der Waals surface area contributed by atoms with Gasteiger partial charge in [0.1, 0.15) is 35.1 Å². The lowest BCUT2D eigenvalue weighted by Crippen LogP contribution is -2.65. The summed E-state index contributed by atoms with van der Waals surface area (Å²) in [6.45, 7) is 19.0. The van der Waals surface area contributed by atoms with Crippen molar-refractivity contribution in [2.75, 3.05) is 20.7 Å². The molecule has 4 fully saturated rings. The zero-order valence-corrected chi connectivity index (χ0v) is 35.2. The van der Waals surface area contributed by atoms with Crippen molar-refractivity contribution in [2.24, 2.45) is 17.8 Å². The van der Waals surface area contributed by atoms with E-state index in [9.17, 15) is 33.6 Å². The van der Waals surface area contributed by atoms with Gasteiger partial charge in [0.2, 0.25) is 0 Å². The monoisotopic (exact) mass is 796 g/mol. The normalized spacial score (nSPS) is 51.5. The molecule has 5 N–H and O–H groups in total. The summed E-state index contributed by atoms with van der Waals surface area (Å²) in [7, 11) is -1.14. The largest absolute Gasteiger partial charge is 0.459 e. The summed E-state index contributed by atoms with van der Waals surface area (Å²) in [5.41, 5.74) is -6.02. The maximum atomic E-state index is 14.2. The van der Waals surface area contributed by atoms with Gasteiger partial charge in [-0.25, -0.2) is 4.18 Å². The van der Waals surface area contributed by atoms with E-state index in [1.165, 1.54) is 25.4 Å². The van der Waals surface area contributed by atoms with E-state index >= 15 is 0 Å². The Morgan fingerprint density at radius 2 is 1.61 bits per heavy atom. The van der Waals surface area contributed by atoms with Crippen LogP contribution in [0.4, 0.5) is 0 Å². The van der Waals surface area contributed by atoms with E-state index in [0.29, 0.717) is 13.0 Å². The maximum Gasteiger partial charge on any atom is 0.338 e. The van der Waals surface area contributed by atoms with Gasteiger partial charge >= 0.3 is 16.3 Å². The van der Waals surface area contributed by atoms with E-state index < -0.39 is 118 Å². The highest BCUT2D eigenvalue weighted by molar-refractivity contribution is 7.84. The average Bonchev–Trinajstić information content (AvgIpc) is 3.31. The Kier molecular flexibility index (Phi) is 14.1. The summed E-state index contributed by atoms with van der Waals surface area (Å²) in [6, 6.07) is -1.21. The van der Waals surface area contributed by atoms with Crippen LogP contribution in [0.3, 0.4) is 0 Å². The fraction of sp³-hybridized carbons (Fsp3) is 0.973. The van der Waals surface area contributed by atoms with Gasteiger partial charge in [-0.05, 0) is 87.1 Å². The number of methoxy groups -OCH3 is 1. The molecule has 0 aromatic heterocycles. The van der Waals surface area contributed by atoms with E-state index in [1.54, 1.807) is 62.3 Å². The SMILES string of the molecule is CC[C@H]1OC(=O)[C@H](C)[C@@H](O[C@H]2C[C@@](C)(OC)[C@@](C)(O)[C@H](C)O2)[C@H](C)[C@@H](O[C@@H]2O[C@H](C)C[C@H]3[C@H]2OS(=O)(=O)N3C)[C@](C)(O)C[C@@H](C)CN[C@H](C)[C@@H](O)[C@]1(C)O. The summed E-state index contributed by atoms with van der Waals surface area (Å²) in [5, 5.41) is 50.1. The number of hydrogen-bond acceptors (Lipinski definition) is 15. The van der Waals surface area contributed by atoms with Crippen LogP contribution in [0.2, 0.25) is 0 Å². The van der Waals surface area contributed by atoms with Gasteiger partial charge in [0.15, 0.2) is 12.6 Å². The molecule has 4 rings (SSSR count). The average molecular weight is 797 g/mol. The molecule has 0 radical (unpaired) electrons. The molecule has 316 valence electrons. The van der Waals surface area contributed by atoms with Gasteiger partial charge < -0.3 is 54.2 Å². The summed E-state index contributed by atoms with van der Waals surface area (Å²) in [6.07, 6.45) is -8.42. The minimum atomic E-state index is -4.07. The molecule has 0 bridgehead atoms. The van der Waals surface area contributed by atoms with E-state index in [-0.39, 0.29) is 25.2 Å². The molecule has 0 amide bonds. The van der Waals surface area contributed by atoms with Crippen LogP contribution in [0, 0.1) is 17.8 Å². The molecule has 16 nitrogen and oxygen atoms in total. The number of aliphatic hydroxyl groups is 4. The Hall–Kier alpha value is -1.06. The van der Waals surface area contributed by atoms with Crippen LogP contribution in [-0.4, -0.2) is 150 Å². The van der Waals surface area contributed by atoms with E-state index in [4.69, 9.17) is 32.6 Å². The van der Waals surface area contributed by atoms with Gasteiger partial charge in [0.05, 0.1) is 42.0 Å². The molecular weight excluding hydrogens is 728 g/mol. The number of carbonyl (C=O) groups excluding carboxylic acids is 1. The van der Waals surface area contributed by atoms with Crippen molar-refractivity contribution in [3.05, 3.63) is 0 Å². The molecule has 4 heterocycles. The molecule has 0 aliphatic carbocycles. The van der Waals surface area contributed by atoms with Crippen molar-refractivity contribution >= 4 is 16.3 Å². The number of cyclic esters (lactones) is 1. The first-order valence-electron chi connectivity index (χ1n) is 19.4. The smallest absolute Gasteiger partial charge is 0.338 e. The molecule has 18 atom stereocenters. The minimum Gasteiger partial charge on any atom is -0.459 e. The molecule has 17 heteroatoms. The number of esters is 1. The van der Waals surface area contributed by atoms with Crippen molar-refractivity contribution < 1.29 is 66.2 Å². The van der Waals surface area contributed by atoms with Crippen LogP contribution in [0.1, 0.15) is 102 Å². The van der Waals surface area contributed by atoms with Crippen LogP contribution in [0.5, 0.6) is 0 Å². The van der Waals surface area contributed by atoms with Crippen molar-refractivity contribution in [3.63, 3.8) is 0 Å². The molecule has 4 saturated heterocycles. The Bertz CT molecular complexity index is 1400. The van der Waals surface area contributed by atoms with Gasteiger partial charge in [-0.3, -0.25) is 4.79 Å². The molecule has 0 spiro atoms. The number of likely N-dealkylation sites (N-methyl/N-ethyl adjacent to an activating group) is 1. The Morgan fingerprint density at radius 1 is 0.981 bits per heavy atom. The van der Waals surface area contributed by atoms with Crippen molar-refractivity contribution in [3.8, 4) is 0 Å². The van der Waals surface area contributed by atoms with Crippen molar-refractivity contribution in [1.82, 2.24) is 9.62 Å². The van der Waals surface area contributed by atoms with E-state index in [0.717, 1.165) is 0 Å². The number of fused-ring (bicyclic) bond motifs is 1. The quantitative estimate of drug-likeness (QED) is 0.242. The Balaban J connectivity index is 1.82. The molecule has 0 saturated carbocycles. The topological polar surface area (TPSA) is 212 Å². The summed E-state index contributed by atoms with van der Waals surface area (Å²) in [5.74, 6) is -2.89. The predicted molar refractivity (Wildman–Crippen MR) is 196 cm³/mol. The highest BCUT2D eigenvalue weighted by Gasteiger charge is 2.58. The zero-order chi connectivity index (χ0) is 40.9. The summed E-state index contributed by atoms with van der Waals surface area (Å²) < 4.78 is 70.2. The number of nitrogens with one attached hydrogen (secondary N) is 1. The van der Waals surface area contributed by atoms with Crippen molar-refractivity contribution in [1.29, 1.82) is 0 Å². The molecular formula is C37H68N2O14S. The molecule has 4 aliphatic rings. The first-order chi connectivity index (χ1) is 24.7. The maximum absolute atomic E-state index is 14.2. The standard InChI is InChI=1S/C37H68N2O14S/c1-14-26-36(10,43)30(40)23(6)38-18-19(2)16-34(8,42)31(52-33-29-25(15-20(3)48-33)39(12)54(45,46)53-29)21(4)28(22(5)32(41)50-26)51-27-17-35(9,47-13)37(11,44)24(7)49-27/h19-31,33,38,40,42-44H,14-18H2,1-13H3/t19-,20-,21+,22-,23-,24+,25+,26-,27+,28+,29-,30-,31-,33+,34-,35-,36-,37+/m1/s1. The van der Waals surface area contributed by atoms with Gasteiger partial charge in [0.25, 0.3) is 0 Å². The first kappa shape index (κ1) is 45.6. The number of aliphatic hydroxyl groups excluding tert-OH is 1. The number of ether oxygens (including phenoxy) is 6. The fourth-order valence-electron chi connectivity index (χ4n) is 8.81. The van der Waals surface area contributed by atoms with Gasteiger partial charge in [0, 0.05) is 32.5 Å².